The van der Waals surface area contributed by atoms with Gasteiger partial charge in [0, 0.05) is 18.0 Å². The predicted molar refractivity (Wildman–Crippen MR) is 69.1 cm³/mol. The molecule has 0 aromatic heterocycles. The van der Waals surface area contributed by atoms with Gasteiger partial charge in [0.25, 0.3) is 0 Å². The van der Waals surface area contributed by atoms with Crippen LogP contribution >= 0.6 is 0 Å². The molecule has 1 amide bonds. The third-order valence-electron chi connectivity index (χ3n) is 2.73. The van der Waals surface area contributed by atoms with Crippen molar-refractivity contribution >= 4 is 5.91 Å². The molecule has 0 spiro atoms. The van der Waals surface area contributed by atoms with Crippen LogP contribution in [0.4, 0.5) is 0 Å². The Labute approximate surface area is 103 Å². The van der Waals surface area contributed by atoms with Crippen LogP contribution in [0.1, 0.15) is 31.9 Å². The van der Waals surface area contributed by atoms with Gasteiger partial charge in [-0.05, 0) is 18.1 Å². The van der Waals surface area contributed by atoms with Crippen LogP contribution in [0.2, 0.25) is 0 Å². The largest absolute Gasteiger partial charge is 0.496 e. The van der Waals surface area contributed by atoms with E-state index < -0.39 is 0 Å². The molecule has 0 fully saturated rings. The third kappa shape index (κ3) is 3.77. The highest BCUT2D eigenvalue weighted by molar-refractivity contribution is 5.77. The Kier molecular flexibility index (Phi) is 5.01. The Balaban J connectivity index is 2.77. The van der Waals surface area contributed by atoms with Crippen molar-refractivity contribution in [1.82, 2.24) is 5.32 Å². The fraction of sp³-hybridized carbons (Fsp3) is 0.500. The molecule has 1 N–H and O–H groups in total. The standard InChI is InChI=1S/C14H21NO2/c1-5-11-6-7-13(17-4)12(8-11)9-15-14(16)10(2)3/h6-8,10H,5,9H2,1-4H3,(H,15,16). The molecule has 0 aliphatic carbocycles. The lowest BCUT2D eigenvalue weighted by atomic mass is 10.1. The lowest BCUT2D eigenvalue weighted by Crippen LogP contribution is -2.27. The van der Waals surface area contributed by atoms with E-state index in [-0.39, 0.29) is 11.8 Å². The second kappa shape index (κ2) is 6.28. The van der Waals surface area contributed by atoms with Gasteiger partial charge in [-0.2, -0.15) is 0 Å². The van der Waals surface area contributed by atoms with Crippen molar-refractivity contribution in [3.05, 3.63) is 29.3 Å². The molecule has 3 nitrogen and oxygen atoms in total. The Hall–Kier alpha value is -1.51. The van der Waals surface area contributed by atoms with Crippen molar-refractivity contribution in [2.24, 2.45) is 5.92 Å². The van der Waals surface area contributed by atoms with E-state index in [1.165, 1.54) is 5.56 Å². The lowest BCUT2D eigenvalue weighted by Gasteiger charge is -2.12. The second-order valence-electron chi connectivity index (χ2n) is 4.37. The summed E-state index contributed by atoms with van der Waals surface area (Å²) in [5, 5.41) is 2.91. The molecule has 3 heteroatoms. The number of ether oxygens (including phenoxy) is 1. The highest BCUT2D eigenvalue weighted by Gasteiger charge is 2.09. The first-order valence-electron chi connectivity index (χ1n) is 6.02. The number of hydrogen-bond acceptors (Lipinski definition) is 2. The number of methoxy groups -OCH3 is 1. The maximum absolute atomic E-state index is 11.5. The maximum atomic E-state index is 11.5. The second-order valence-corrected chi connectivity index (χ2v) is 4.37. The fourth-order valence-corrected chi connectivity index (χ4v) is 1.58. The van der Waals surface area contributed by atoms with Gasteiger partial charge in [-0.1, -0.05) is 32.9 Å². The number of rotatable bonds is 5. The van der Waals surface area contributed by atoms with Crippen LogP contribution in [0, 0.1) is 5.92 Å². The number of amides is 1. The molecule has 0 aliphatic heterocycles. The zero-order valence-corrected chi connectivity index (χ0v) is 11.0. The van der Waals surface area contributed by atoms with Crippen LogP contribution in [0.3, 0.4) is 0 Å². The van der Waals surface area contributed by atoms with Gasteiger partial charge in [0.2, 0.25) is 5.91 Å². The zero-order chi connectivity index (χ0) is 12.8. The van der Waals surface area contributed by atoms with Crippen LogP contribution in [0.25, 0.3) is 0 Å². The van der Waals surface area contributed by atoms with E-state index in [0.717, 1.165) is 17.7 Å². The van der Waals surface area contributed by atoms with Crippen LogP contribution in [-0.2, 0) is 17.8 Å². The average molecular weight is 235 g/mol. The van der Waals surface area contributed by atoms with Crippen molar-refractivity contribution in [1.29, 1.82) is 0 Å². The molecule has 1 rings (SSSR count). The fourth-order valence-electron chi connectivity index (χ4n) is 1.58. The summed E-state index contributed by atoms with van der Waals surface area (Å²) >= 11 is 0. The topological polar surface area (TPSA) is 38.3 Å². The Morgan fingerprint density at radius 2 is 2.12 bits per heavy atom. The van der Waals surface area contributed by atoms with Crippen LogP contribution < -0.4 is 10.1 Å². The molecule has 0 saturated carbocycles. The highest BCUT2D eigenvalue weighted by atomic mass is 16.5. The molecule has 94 valence electrons. The molecule has 0 saturated heterocycles. The van der Waals surface area contributed by atoms with Gasteiger partial charge in [0.15, 0.2) is 0 Å². The summed E-state index contributed by atoms with van der Waals surface area (Å²) in [7, 11) is 1.65. The molecule has 0 atom stereocenters. The zero-order valence-electron chi connectivity index (χ0n) is 11.0. The molecule has 0 bridgehead atoms. The minimum absolute atomic E-state index is 0.00959. The molecule has 0 heterocycles. The lowest BCUT2D eigenvalue weighted by molar-refractivity contribution is -0.124. The SMILES string of the molecule is CCc1ccc(OC)c(CNC(=O)C(C)C)c1. The smallest absolute Gasteiger partial charge is 0.222 e. The summed E-state index contributed by atoms with van der Waals surface area (Å²) in [6.45, 7) is 6.40. The Morgan fingerprint density at radius 1 is 1.41 bits per heavy atom. The number of carbonyl (C=O) groups excluding carboxylic acids is 1. The van der Waals surface area contributed by atoms with Gasteiger partial charge in [-0.3, -0.25) is 4.79 Å². The normalized spacial score (nSPS) is 10.4. The molecular weight excluding hydrogens is 214 g/mol. The Morgan fingerprint density at radius 3 is 2.65 bits per heavy atom. The van der Waals surface area contributed by atoms with E-state index in [2.05, 4.69) is 18.3 Å². The number of benzene rings is 1. The summed E-state index contributed by atoms with van der Waals surface area (Å²) < 4.78 is 5.29. The van der Waals surface area contributed by atoms with E-state index >= 15 is 0 Å². The molecular formula is C14H21NO2. The molecule has 1 aromatic carbocycles. The maximum Gasteiger partial charge on any atom is 0.222 e. The summed E-state index contributed by atoms with van der Waals surface area (Å²) in [6, 6.07) is 6.09. The molecule has 0 radical (unpaired) electrons. The third-order valence-corrected chi connectivity index (χ3v) is 2.73. The van der Waals surface area contributed by atoms with Crippen molar-refractivity contribution in [3.63, 3.8) is 0 Å². The van der Waals surface area contributed by atoms with E-state index in [0.29, 0.717) is 6.54 Å². The average Bonchev–Trinajstić information content (AvgIpc) is 2.35. The van der Waals surface area contributed by atoms with Gasteiger partial charge < -0.3 is 10.1 Å². The van der Waals surface area contributed by atoms with Crippen molar-refractivity contribution < 1.29 is 9.53 Å². The molecule has 17 heavy (non-hydrogen) atoms. The van der Waals surface area contributed by atoms with Crippen molar-refractivity contribution in [2.75, 3.05) is 7.11 Å². The van der Waals surface area contributed by atoms with Gasteiger partial charge in [0.1, 0.15) is 5.75 Å². The number of aryl methyl sites for hydroxylation is 1. The van der Waals surface area contributed by atoms with E-state index in [1.807, 2.05) is 26.0 Å². The molecule has 1 aromatic rings. The summed E-state index contributed by atoms with van der Waals surface area (Å²) in [5.74, 6) is 0.899. The first kappa shape index (κ1) is 13.6. The summed E-state index contributed by atoms with van der Waals surface area (Å²) in [5.41, 5.74) is 2.28. The van der Waals surface area contributed by atoms with E-state index in [4.69, 9.17) is 4.74 Å². The minimum Gasteiger partial charge on any atom is -0.496 e. The van der Waals surface area contributed by atoms with Gasteiger partial charge >= 0.3 is 0 Å². The van der Waals surface area contributed by atoms with Crippen LogP contribution in [0.5, 0.6) is 5.75 Å². The van der Waals surface area contributed by atoms with Crippen LogP contribution in [-0.4, -0.2) is 13.0 Å². The van der Waals surface area contributed by atoms with Gasteiger partial charge in [0.05, 0.1) is 7.11 Å². The van der Waals surface area contributed by atoms with E-state index in [1.54, 1.807) is 7.11 Å². The molecule has 0 aliphatic rings. The minimum atomic E-state index is 0.00959. The first-order valence-corrected chi connectivity index (χ1v) is 6.02. The summed E-state index contributed by atoms with van der Waals surface area (Å²) in [4.78, 5) is 11.5. The number of carbonyl (C=O) groups is 1. The monoisotopic (exact) mass is 235 g/mol. The number of nitrogens with one attached hydrogen (secondary N) is 1. The van der Waals surface area contributed by atoms with Gasteiger partial charge in [-0.15, -0.1) is 0 Å². The van der Waals surface area contributed by atoms with Crippen molar-refractivity contribution in [3.8, 4) is 5.75 Å². The van der Waals surface area contributed by atoms with Crippen molar-refractivity contribution in [2.45, 2.75) is 33.7 Å². The van der Waals surface area contributed by atoms with Gasteiger partial charge in [-0.25, -0.2) is 0 Å². The summed E-state index contributed by atoms with van der Waals surface area (Å²) in [6.07, 6.45) is 0.981. The Bertz CT molecular complexity index is 386. The van der Waals surface area contributed by atoms with Crippen LogP contribution in [0.15, 0.2) is 18.2 Å². The quantitative estimate of drug-likeness (QED) is 0.851. The predicted octanol–water partition coefficient (Wildman–Crippen LogP) is 2.53. The highest BCUT2D eigenvalue weighted by Crippen LogP contribution is 2.20. The number of hydrogen-bond donors (Lipinski definition) is 1. The molecule has 0 unspecified atom stereocenters. The van der Waals surface area contributed by atoms with E-state index in [9.17, 15) is 4.79 Å². The first-order chi connectivity index (χ1) is 8.08.